The largest absolute Gasteiger partial charge is 0.493 e. The zero-order chi connectivity index (χ0) is 20.0. The summed E-state index contributed by atoms with van der Waals surface area (Å²) in [4.78, 5) is 12.4. The molecule has 0 aliphatic rings. The van der Waals surface area contributed by atoms with Crippen molar-refractivity contribution in [1.82, 2.24) is 5.32 Å². The number of primary sulfonamides is 1. The third kappa shape index (κ3) is 5.70. The molecule has 2 aromatic rings. The maximum atomic E-state index is 12.3. The van der Waals surface area contributed by atoms with E-state index in [9.17, 15) is 13.2 Å². The van der Waals surface area contributed by atoms with Crippen molar-refractivity contribution in [2.75, 3.05) is 14.2 Å². The van der Waals surface area contributed by atoms with Gasteiger partial charge in [0.25, 0.3) is 0 Å². The normalized spacial score (nSPS) is 12.3. The van der Waals surface area contributed by atoms with Gasteiger partial charge in [-0.05, 0) is 41.8 Å². The maximum absolute atomic E-state index is 12.3. The van der Waals surface area contributed by atoms with Gasteiger partial charge in [0.05, 0.1) is 19.1 Å². The summed E-state index contributed by atoms with van der Waals surface area (Å²) >= 11 is 0. The number of nitrogens with two attached hydrogens (primary N) is 1. The molecule has 0 aliphatic heterocycles. The average molecular weight is 392 g/mol. The van der Waals surface area contributed by atoms with Crippen LogP contribution in [-0.2, 0) is 27.8 Å². The molecule has 0 bridgehead atoms. The molecule has 146 valence electrons. The molecule has 0 heterocycles. The van der Waals surface area contributed by atoms with Gasteiger partial charge in [0.2, 0.25) is 15.9 Å². The van der Waals surface area contributed by atoms with E-state index in [4.69, 9.17) is 14.6 Å². The lowest BCUT2D eigenvalue weighted by atomic mass is 10.00. The van der Waals surface area contributed by atoms with Crippen LogP contribution in [0.25, 0.3) is 0 Å². The highest BCUT2D eigenvalue weighted by atomic mass is 32.2. The monoisotopic (exact) mass is 392 g/mol. The molecule has 2 rings (SSSR count). The van der Waals surface area contributed by atoms with Crippen LogP contribution in [0.2, 0.25) is 0 Å². The first-order valence-corrected chi connectivity index (χ1v) is 9.89. The first-order valence-electron chi connectivity index (χ1n) is 8.35. The van der Waals surface area contributed by atoms with Crippen molar-refractivity contribution in [3.8, 4) is 11.5 Å². The van der Waals surface area contributed by atoms with Gasteiger partial charge in [0.15, 0.2) is 11.5 Å². The Morgan fingerprint density at radius 2 is 1.63 bits per heavy atom. The maximum Gasteiger partial charge on any atom is 0.238 e. The molecule has 0 aromatic heterocycles. The number of hydrogen-bond acceptors (Lipinski definition) is 5. The summed E-state index contributed by atoms with van der Waals surface area (Å²) in [5.41, 5.74) is 1.75. The molecule has 1 atom stereocenters. The molecule has 0 fully saturated rings. The van der Waals surface area contributed by atoms with Crippen LogP contribution in [0.15, 0.2) is 47.4 Å². The molecule has 8 heteroatoms. The predicted molar refractivity (Wildman–Crippen MR) is 102 cm³/mol. The van der Waals surface area contributed by atoms with E-state index in [1.54, 1.807) is 26.4 Å². The lowest BCUT2D eigenvalue weighted by Gasteiger charge is -2.14. The van der Waals surface area contributed by atoms with Gasteiger partial charge < -0.3 is 14.8 Å². The molecule has 1 unspecified atom stereocenters. The van der Waals surface area contributed by atoms with Crippen LogP contribution in [-0.4, -0.2) is 28.5 Å². The Kier molecular flexibility index (Phi) is 6.81. The third-order valence-electron chi connectivity index (χ3n) is 4.16. The Labute approximate surface area is 159 Å². The smallest absolute Gasteiger partial charge is 0.238 e. The van der Waals surface area contributed by atoms with Crippen molar-refractivity contribution >= 4 is 15.9 Å². The second-order valence-corrected chi connectivity index (χ2v) is 7.76. The standard InChI is InChI=1S/C19H24N2O5S/c1-13(10-15-6-9-17(25-2)18(11-15)26-3)19(22)21-12-14-4-7-16(8-5-14)27(20,23)24/h4-9,11,13H,10,12H2,1-3H3,(H,21,22)(H2,20,23,24). The summed E-state index contributed by atoms with van der Waals surface area (Å²) in [6.45, 7) is 2.15. The number of nitrogens with one attached hydrogen (secondary N) is 1. The molecule has 3 N–H and O–H groups in total. The van der Waals surface area contributed by atoms with Gasteiger partial charge in [0.1, 0.15) is 0 Å². The zero-order valence-electron chi connectivity index (χ0n) is 15.6. The fourth-order valence-electron chi connectivity index (χ4n) is 2.61. The molecular weight excluding hydrogens is 368 g/mol. The minimum Gasteiger partial charge on any atom is -0.493 e. The number of carbonyl (C=O) groups excluding carboxylic acids is 1. The highest BCUT2D eigenvalue weighted by Gasteiger charge is 2.15. The Balaban J connectivity index is 1.94. The zero-order valence-corrected chi connectivity index (χ0v) is 16.4. The Bertz CT molecular complexity index is 895. The second kappa shape index (κ2) is 8.88. The lowest BCUT2D eigenvalue weighted by Crippen LogP contribution is -2.29. The molecule has 0 spiro atoms. The van der Waals surface area contributed by atoms with Gasteiger partial charge in [-0.25, -0.2) is 13.6 Å². The van der Waals surface area contributed by atoms with Crippen LogP contribution in [0.5, 0.6) is 11.5 Å². The number of amides is 1. The average Bonchev–Trinajstić information content (AvgIpc) is 2.65. The minimum atomic E-state index is -3.72. The third-order valence-corrected chi connectivity index (χ3v) is 5.09. The van der Waals surface area contributed by atoms with E-state index in [1.165, 1.54) is 12.1 Å². The van der Waals surface area contributed by atoms with Gasteiger partial charge in [-0.1, -0.05) is 25.1 Å². The van der Waals surface area contributed by atoms with Gasteiger partial charge in [-0.2, -0.15) is 0 Å². The van der Waals surface area contributed by atoms with E-state index in [2.05, 4.69) is 5.32 Å². The molecule has 7 nitrogen and oxygen atoms in total. The summed E-state index contributed by atoms with van der Waals surface area (Å²) < 4.78 is 33.0. The molecule has 0 radical (unpaired) electrons. The number of ether oxygens (including phenoxy) is 2. The van der Waals surface area contributed by atoms with Crippen molar-refractivity contribution in [3.63, 3.8) is 0 Å². The van der Waals surface area contributed by atoms with E-state index in [0.29, 0.717) is 24.5 Å². The number of rotatable bonds is 8. The van der Waals surface area contributed by atoms with Crippen LogP contribution >= 0.6 is 0 Å². The number of hydrogen-bond donors (Lipinski definition) is 2. The molecule has 1 amide bonds. The highest BCUT2D eigenvalue weighted by Crippen LogP contribution is 2.28. The molecule has 2 aromatic carbocycles. The van der Waals surface area contributed by atoms with Gasteiger partial charge in [-0.15, -0.1) is 0 Å². The topological polar surface area (TPSA) is 108 Å². The molecule has 0 aliphatic carbocycles. The number of benzene rings is 2. The number of methoxy groups -OCH3 is 2. The molecule has 27 heavy (non-hydrogen) atoms. The first-order chi connectivity index (χ1) is 12.7. The lowest BCUT2D eigenvalue weighted by molar-refractivity contribution is -0.124. The van der Waals surface area contributed by atoms with Crippen LogP contribution < -0.4 is 19.9 Å². The fraction of sp³-hybridized carbons (Fsp3) is 0.316. The molecule has 0 saturated heterocycles. The van der Waals surface area contributed by atoms with E-state index in [0.717, 1.165) is 11.1 Å². The summed E-state index contributed by atoms with van der Waals surface area (Å²) in [5, 5.41) is 7.92. The van der Waals surface area contributed by atoms with Crippen LogP contribution in [0.1, 0.15) is 18.1 Å². The molecule has 0 saturated carbocycles. The Morgan fingerprint density at radius 1 is 1.04 bits per heavy atom. The van der Waals surface area contributed by atoms with Crippen molar-refractivity contribution in [1.29, 1.82) is 0 Å². The van der Waals surface area contributed by atoms with Crippen molar-refractivity contribution < 1.29 is 22.7 Å². The van der Waals surface area contributed by atoms with Gasteiger partial charge in [0, 0.05) is 12.5 Å². The first kappa shape index (κ1) is 20.7. The number of sulfonamides is 1. The van der Waals surface area contributed by atoms with Crippen LogP contribution in [0.4, 0.5) is 0 Å². The molecular formula is C19H24N2O5S. The van der Waals surface area contributed by atoms with Gasteiger partial charge >= 0.3 is 0 Å². The van der Waals surface area contributed by atoms with E-state index >= 15 is 0 Å². The van der Waals surface area contributed by atoms with Crippen molar-refractivity contribution in [3.05, 3.63) is 53.6 Å². The van der Waals surface area contributed by atoms with Crippen molar-refractivity contribution in [2.24, 2.45) is 11.1 Å². The van der Waals surface area contributed by atoms with E-state index in [-0.39, 0.29) is 16.7 Å². The summed E-state index contributed by atoms with van der Waals surface area (Å²) in [6, 6.07) is 11.7. The number of carbonyl (C=O) groups is 1. The Morgan fingerprint density at radius 3 is 2.19 bits per heavy atom. The quantitative estimate of drug-likeness (QED) is 0.713. The fourth-order valence-corrected chi connectivity index (χ4v) is 3.13. The summed E-state index contributed by atoms with van der Waals surface area (Å²) in [6.07, 6.45) is 0.552. The van der Waals surface area contributed by atoms with E-state index in [1.807, 2.05) is 25.1 Å². The van der Waals surface area contributed by atoms with Crippen LogP contribution in [0.3, 0.4) is 0 Å². The summed E-state index contributed by atoms with van der Waals surface area (Å²) in [7, 11) is -0.575. The minimum absolute atomic E-state index is 0.0411. The van der Waals surface area contributed by atoms with Crippen LogP contribution in [0, 0.1) is 5.92 Å². The second-order valence-electron chi connectivity index (χ2n) is 6.20. The highest BCUT2D eigenvalue weighted by molar-refractivity contribution is 7.89. The summed E-state index contributed by atoms with van der Waals surface area (Å²) in [5.74, 6) is 0.922. The van der Waals surface area contributed by atoms with E-state index < -0.39 is 10.0 Å². The predicted octanol–water partition coefficient (Wildman–Crippen LogP) is 1.85. The van der Waals surface area contributed by atoms with Gasteiger partial charge in [-0.3, -0.25) is 4.79 Å². The SMILES string of the molecule is COc1ccc(CC(C)C(=O)NCc2ccc(S(N)(=O)=O)cc2)cc1OC. The Hall–Kier alpha value is -2.58. The van der Waals surface area contributed by atoms with Crippen molar-refractivity contribution in [2.45, 2.75) is 24.8 Å².